The smallest absolute Gasteiger partial charge is 0.407 e. The summed E-state index contributed by atoms with van der Waals surface area (Å²) in [5.74, 6) is 0. The van der Waals surface area contributed by atoms with Crippen LogP contribution in [0.4, 0.5) is 4.79 Å². The first kappa shape index (κ1) is 12.3. The summed E-state index contributed by atoms with van der Waals surface area (Å²) >= 11 is 0. The molecule has 13 heavy (non-hydrogen) atoms. The molecule has 0 aliphatic rings. The third-order valence-electron chi connectivity index (χ3n) is 2.44. The molecule has 1 amide bonds. The lowest BCUT2D eigenvalue weighted by Gasteiger charge is -2.21. The Morgan fingerprint density at radius 2 is 2.00 bits per heavy atom. The van der Waals surface area contributed by atoms with Gasteiger partial charge in [-0.25, -0.2) is 4.79 Å². The monoisotopic (exact) mass is 187 g/mol. The molecule has 0 heterocycles. The van der Waals surface area contributed by atoms with Crippen LogP contribution in [0.5, 0.6) is 0 Å². The summed E-state index contributed by atoms with van der Waals surface area (Å²) in [5, 5.41) is 8.68. The fourth-order valence-corrected chi connectivity index (χ4v) is 1.25. The van der Waals surface area contributed by atoms with Crippen molar-refractivity contribution in [1.29, 1.82) is 0 Å². The molecular formula is C10H21NO2. The van der Waals surface area contributed by atoms with Crippen molar-refractivity contribution in [3.63, 3.8) is 0 Å². The number of hydrogen-bond donors (Lipinski definition) is 1. The summed E-state index contributed by atoms with van der Waals surface area (Å²) in [4.78, 5) is 11.9. The summed E-state index contributed by atoms with van der Waals surface area (Å²) in [5.41, 5.74) is 0. The lowest BCUT2D eigenvalue weighted by Crippen LogP contribution is -2.33. The van der Waals surface area contributed by atoms with Gasteiger partial charge in [-0.15, -0.1) is 0 Å². The van der Waals surface area contributed by atoms with Gasteiger partial charge in [0.25, 0.3) is 0 Å². The summed E-state index contributed by atoms with van der Waals surface area (Å²) < 4.78 is 0. The predicted molar refractivity (Wildman–Crippen MR) is 54.0 cm³/mol. The van der Waals surface area contributed by atoms with Gasteiger partial charge >= 0.3 is 6.09 Å². The topological polar surface area (TPSA) is 40.5 Å². The highest BCUT2D eigenvalue weighted by molar-refractivity contribution is 5.64. The van der Waals surface area contributed by atoms with Crippen molar-refractivity contribution in [2.75, 3.05) is 7.05 Å². The number of rotatable bonds is 6. The molecule has 3 heteroatoms. The van der Waals surface area contributed by atoms with E-state index in [1.54, 1.807) is 7.05 Å². The Morgan fingerprint density at radius 1 is 1.38 bits per heavy atom. The van der Waals surface area contributed by atoms with E-state index in [0.29, 0.717) is 0 Å². The number of nitrogens with zero attached hydrogens (tertiary/aromatic N) is 1. The Balaban J connectivity index is 3.50. The van der Waals surface area contributed by atoms with E-state index in [-0.39, 0.29) is 6.04 Å². The molecule has 0 saturated heterocycles. The van der Waals surface area contributed by atoms with Crippen LogP contribution in [0.25, 0.3) is 0 Å². The Hall–Kier alpha value is -0.730. The molecule has 78 valence electrons. The Kier molecular flexibility index (Phi) is 6.37. The Bertz CT molecular complexity index is 148. The molecule has 0 rings (SSSR count). The second-order valence-electron chi connectivity index (χ2n) is 3.59. The maximum atomic E-state index is 10.6. The zero-order valence-electron chi connectivity index (χ0n) is 8.92. The number of carbonyl (C=O) groups is 1. The van der Waals surface area contributed by atoms with E-state index in [1.807, 2.05) is 6.92 Å². The Morgan fingerprint density at radius 3 is 2.46 bits per heavy atom. The quantitative estimate of drug-likeness (QED) is 0.649. The van der Waals surface area contributed by atoms with Crippen molar-refractivity contribution < 1.29 is 9.90 Å². The molecule has 1 unspecified atom stereocenters. The van der Waals surface area contributed by atoms with Gasteiger partial charge < -0.3 is 10.0 Å². The van der Waals surface area contributed by atoms with Crippen LogP contribution in [-0.2, 0) is 0 Å². The largest absolute Gasteiger partial charge is 0.465 e. The number of carboxylic acid groups (broad SMARTS) is 1. The predicted octanol–water partition coefficient (Wildman–Crippen LogP) is 2.96. The van der Waals surface area contributed by atoms with Gasteiger partial charge in [-0.3, -0.25) is 0 Å². The lowest BCUT2D eigenvalue weighted by atomic mass is 10.1. The standard InChI is InChI=1S/C10H21NO2/c1-4-5-6-7-8-9(2)11(3)10(12)13/h9H,4-8H2,1-3H3,(H,12,13). The van der Waals surface area contributed by atoms with Crippen molar-refractivity contribution in [2.24, 2.45) is 0 Å². The van der Waals surface area contributed by atoms with Gasteiger partial charge in [-0.1, -0.05) is 32.6 Å². The minimum atomic E-state index is -0.831. The summed E-state index contributed by atoms with van der Waals surface area (Å²) in [6, 6.07) is 0.148. The van der Waals surface area contributed by atoms with Gasteiger partial charge in [0.1, 0.15) is 0 Å². The minimum absolute atomic E-state index is 0.148. The fourth-order valence-electron chi connectivity index (χ4n) is 1.25. The van der Waals surface area contributed by atoms with Crippen LogP contribution in [-0.4, -0.2) is 29.2 Å². The van der Waals surface area contributed by atoms with E-state index in [4.69, 9.17) is 5.11 Å². The Labute approximate surface area is 80.7 Å². The van der Waals surface area contributed by atoms with Crippen LogP contribution in [0.2, 0.25) is 0 Å². The molecule has 0 aliphatic heterocycles. The summed E-state index contributed by atoms with van der Waals surface area (Å²) in [6.45, 7) is 4.13. The van der Waals surface area contributed by atoms with E-state index in [0.717, 1.165) is 12.8 Å². The second kappa shape index (κ2) is 6.75. The average molecular weight is 187 g/mol. The fraction of sp³-hybridized carbons (Fsp3) is 0.900. The van der Waals surface area contributed by atoms with Gasteiger partial charge in [-0.05, 0) is 13.3 Å². The molecule has 0 saturated carbocycles. The van der Waals surface area contributed by atoms with E-state index in [1.165, 1.54) is 24.2 Å². The van der Waals surface area contributed by atoms with E-state index in [2.05, 4.69) is 6.92 Å². The van der Waals surface area contributed by atoms with Crippen LogP contribution in [0, 0.1) is 0 Å². The van der Waals surface area contributed by atoms with Gasteiger partial charge in [0.05, 0.1) is 0 Å². The highest BCUT2D eigenvalue weighted by Crippen LogP contribution is 2.09. The molecular weight excluding hydrogens is 166 g/mol. The molecule has 0 aromatic carbocycles. The maximum Gasteiger partial charge on any atom is 0.407 e. The van der Waals surface area contributed by atoms with Crippen LogP contribution in [0.3, 0.4) is 0 Å². The number of unbranched alkanes of at least 4 members (excludes halogenated alkanes) is 3. The first-order valence-electron chi connectivity index (χ1n) is 5.05. The minimum Gasteiger partial charge on any atom is -0.465 e. The van der Waals surface area contributed by atoms with E-state index < -0.39 is 6.09 Å². The summed E-state index contributed by atoms with van der Waals surface area (Å²) in [7, 11) is 1.63. The molecule has 0 radical (unpaired) electrons. The van der Waals surface area contributed by atoms with Crippen LogP contribution < -0.4 is 0 Å². The molecule has 0 spiro atoms. The molecule has 0 aromatic heterocycles. The third-order valence-corrected chi connectivity index (χ3v) is 2.44. The van der Waals surface area contributed by atoms with E-state index in [9.17, 15) is 4.79 Å². The normalized spacial score (nSPS) is 12.5. The van der Waals surface area contributed by atoms with Crippen molar-refractivity contribution >= 4 is 6.09 Å². The molecule has 0 aromatic rings. The third kappa shape index (κ3) is 5.50. The lowest BCUT2D eigenvalue weighted by molar-refractivity contribution is 0.139. The van der Waals surface area contributed by atoms with Gasteiger partial charge in [0, 0.05) is 13.1 Å². The van der Waals surface area contributed by atoms with Gasteiger partial charge in [-0.2, -0.15) is 0 Å². The zero-order valence-corrected chi connectivity index (χ0v) is 8.92. The van der Waals surface area contributed by atoms with E-state index >= 15 is 0 Å². The van der Waals surface area contributed by atoms with Crippen LogP contribution >= 0.6 is 0 Å². The van der Waals surface area contributed by atoms with Crippen LogP contribution in [0.1, 0.15) is 46.0 Å². The first-order valence-corrected chi connectivity index (χ1v) is 5.05. The second-order valence-corrected chi connectivity index (χ2v) is 3.59. The van der Waals surface area contributed by atoms with Crippen LogP contribution in [0.15, 0.2) is 0 Å². The molecule has 0 fully saturated rings. The number of amides is 1. The van der Waals surface area contributed by atoms with Gasteiger partial charge in [0.2, 0.25) is 0 Å². The van der Waals surface area contributed by atoms with Crippen molar-refractivity contribution in [3.05, 3.63) is 0 Å². The van der Waals surface area contributed by atoms with Crippen molar-refractivity contribution in [1.82, 2.24) is 4.90 Å². The van der Waals surface area contributed by atoms with Gasteiger partial charge in [0.15, 0.2) is 0 Å². The molecule has 1 atom stereocenters. The summed E-state index contributed by atoms with van der Waals surface area (Å²) in [6.07, 6.45) is 4.97. The molecule has 0 aliphatic carbocycles. The maximum absolute atomic E-state index is 10.6. The van der Waals surface area contributed by atoms with Crippen molar-refractivity contribution in [3.8, 4) is 0 Å². The highest BCUT2D eigenvalue weighted by Gasteiger charge is 2.12. The first-order chi connectivity index (χ1) is 6.09. The average Bonchev–Trinajstić information content (AvgIpc) is 2.10. The highest BCUT2D eigenvalue weighted by atomic mass is 16.4. The molecule has 0 bridgehead atoms. The number of hydrogen-bond acceptors (Lipinski definition) is 1. The zero-order chi connectivity index (χ0) is 10.3. The van der Waals surface area contributed by atoms with Crippen molar-refractivity contribution in [2.45, 2.75) is 52.0 Å². The molecule has 1 N–H and O–H groups in total. The SMILES string of the molecule is CCCCCCC(C)N(C)C(=O)O. The molecule has 3 nitrogen and oxygen atoms in total.